The molecule has 0 fully saturated rings. The molecule has 0 saturated heterocycles. The molecule has 0 bridgehead atoms. The molecule has 1 aliphatic heterocycles. The summed E-state index contributed by atoms with van der Waals surface area (Å²) in [6.07, 6.45) is 0.963. The van der Waals surface area contributed by atoms with E-state index < -0.39 is 0 Å². The van der Waals surface area contributed by atoms with Gasteiger partial charge in [-0.1, -0.05) is 42.5 Å². The lowest BCUT2D eigenvalue weighted by molar-refractivity contribution is 0.536. The molecular weight excluding hydrogens is 256 g/mol. The molecule has 2 heteroatoms. The minimum atomic E-state index is -0.127. The largest absolute Gasteiger partial charge is 0.399 e. The highest BCUT2D eigenvalue weighted by molar-refractivity contribution is 5.98. The first kappa shape index (κ1) is 12.3. The number of hydrogen-bond acceptors (Lipinski definition) is 2. The summed E-state index contributed by atoms with van der Waals surface area (Å²) in [6.45, 7) is 2.25. The van der Waals surface area contributed by atoms with Gasteiger partial charge >= 0.3 is 0 Å². The first-order valence-corrected chi connectivity index (χ1v) is 7.31. The normalized spacial score (nSPS) is 20.2. The lowest BCUT2D eigenvalue weighted by atomic mass is 9.80. The quantitative estimate of drug-likeness (QED) is 0.649. The standard InChI is InChI=1S/C19H18N2/c1-19(15-8-4-9-16(20)11-15)12-14-7-2-5-13-6-3-10-17(21-19)18(13)14/h2-11,21H,12,20H2,1H3. The Hall–Kier alpha value is -2.48. The van der Waals surface area contributed by atoms with Crippen molar-refractivity contribution in [2.75, 3.05) is 11.1 Å². The van der Waals surface area contributed by atoms with Gasteiger partial charge in [-0.05, 0) is 41.6 Å². The number of benzene rings is 3. The molecule has 1 heterocycles. The second kappa shape index (κ2) is 4.26. The van der Waals surface area contributed by atoms with Crippen LogP contribution in [0.15, 0.2) is 60.7 Å². The van der Waals surface area contributed by atoms with Gasteiger partial charge in [-0.15, -0.1) is 0 Å². The highest BCUT2D eigenvalue weighted by atomic mass is 15.0. The van der Waals surface area contributed by atoms with E-state index in [1.807, 2.05) is 12.1 Å². The van der Waals surface area contributed by atoms with Crippen LogP contribution in [0.5, 0.6) is 0 Å². The maximum absolute atomic E-state index is 5.97. The number of nitrogens with two attached hydrogens (primary N) is 1. The van der Waals surface area contributed by atoms with Crippen LogP contribution in [0.25, 0.3) is 10.8 Å². The van der Waals surface area contributed by atoms with Crippen molar-refractivity contribution < 1.29 is 0 Å². The van der Waals surface area contributed by atoms with Crippen molar-refractivity contribution in [2.45, 2.75) is 18.9 Å². The summed E-state index contributed by atoms with van der Waals surface area (Å²) in [5.41, 5.74) is 10.5. The molecule has 0 radical (unpaired) electrons. The van der Waals surface area contributed by atoms with Crippen LogP contribution < -0.4 is 11.1 Å². The number of nitrogens with one attached hydrogen (secondary N) is 1. The molecule has 1 atom stereocenters. The lowest BCUT2D eigenvalue weighted by Crippen LogP contribution is -2.37. The smallest absolute Gasteiger partial charge is 0.0638 e. The first-order valence-electron chi connectivity index (χ1n) is 7.31. The molecule has 0 saturated carbocycles. The van der Waals surface area contributed by atoms with Gasteiger partial charge in [-0.3, -0.25) is 0 Å². The van der Waals surface area contributed by atoms with Gasteiger partial charge in [0.25, 0.3) is 0 Å². The second-order valence-corrected chi connectivity index (χ2v) is 6.08. The molecule has 3 aromatic rings. The minimum Gasteiger partial charge on any atom is -0.399 e. The van der Waals surface area contributed by atoms with E-state index in [0.717, 1.165) is 12.1 Å². The molecule has 4 rings (SSSR count). The zero-order valence-corrected chi connectivity index (χ0v) is 12.1. The number of nitrogen functional groups attached to an aromatic ring is 1. The fraction of sp³-hybridized carbons (Fsp3) is 0.158. The topological polar surface area (TPSA) is 38.0 Å². The van der Waals surface area contributed by atoms with Gasteiger partial charge in [-0.25, -0.2) is 0 Å². The Morgan fingerprint density at radius 1 is 1.00 bits per heavy atom. The number of hydrogen-bond donors (Lipinski definition) is 2. The molecule has 1 unspecified atom stereocenters. The van der Waals surface area contributed by atoms with E-state index in [2.05, 4.69) is 60.8 Å². The van der Waals surface area contributed by atoms with Gasteiger partial charge in [0.1, 0.15) is 0 Å². The van der Waals surface area contributed by atoms with Crippen LogP contribution in [0.1, 0.15) is 18.1 Å². The summed E-state index contributed by atoms with van der Waals surface area (Å²) in [6, 6.07) is 21.2. The highest BCUT2D eigenvalue weighted by Crippen LogP contribution is 2.40. The van der Waals surface area contributed by atoms with E-state index in [0.29, 0.717) is 0 Å². The van der Waals surface area contributed by atoms with Crippen LogP contribution in [0.2, 0.25) is 0 Å². The lowest BCUT2D eigenvalue weighted by Gasteiger charge is -2.37. The molecular formula is C19H18N2. The Bertz CT molecular complexity index is 795. The van der Waals surface area contributed by atoms with Crippen molar-refractivity contribution in [3.8, 4) is 0 Å². The van der Waals surface area contributed by atoms with E-state index in [1.54, 1.807) is 0 Å². The van der Waals surface area contributed by atoms with Gasteiger partial charge in [0, 0.05) is 23.2 Å². The van der Waals surface area contributed by atoms with Crippen molar-refractivity contribution in [1.29, 1.82) is 0 Å². The Labute approximate surface area is 124 Å². The van der Waals surface area contributed by atoms with Crippen LogP contribution >= 0.6 is 0 Å². The third kappa shape index (κ3) is 1.87. The fourth-order valence-corrected chi connectivity index (χ4v) is 3.45. The van der Waals surface area contributed by atoms with Crippen LogP contribution in [-0.2, 0) is 12.0 Å². The van der Waals surface area contributed by atoms with Gasteiger partial charge < -0.3 is 11.1 Å². The molecule has 21 heavy (non-hydrogen) atoms. The first-order chi connectivity index (χ1) is 10.2. The van der Waals surface area contributed by atoms with Crippen molar-refractivity contribution >= 4 is 22.1 Å². The molecule has 104 valence electrons. The van der Waals surface area contributed by atoms with Crippen LogP contribution in [0.4, 0.5) is 11.4 Å². The van der Waals surface area contributed by atoms with Crippen molar-refractivity contribution in [3.05, 3.63) is 71.8 Å². The summed E-state index contributed by atoms with van der Waals surface area (Å²) in [5, 5.41) is 6.37. The van der Waals surface area contributed by atoms with E-state index in [-0.39, 0.29) is 5.54 Å². The maximum Gasteiger partial charge on any atom is 0.0638 e. The molecule has 0 aliphatic carbocycles. The SMILES string of the molecule is CC1(c2cccc(N)c2)Cc2cccc3cccc(c23)N1. The number of rotatable bonds is 1. The summed E-state index contributed by atoms with van der Waals surface area (Å²) in [4.78, 5) is 0. The van der Waals surface area contributed by atoms with Crippen LogP contribution in [0, 0.1) is 0 Å². The van der Waals surface area contributed by atoms with E-state index in [9.17, 15) is 0 Å². The molecule has 3 N–H and O–H groups in total. The van der Waals surface area contributed by atoms with Crippen molar-refractivity contribution in [2.24, 2.45) is 0 Å². The third-order valence-electron chi connectivity index (χ3n) is 4.47. The van der Waals surface area contributed by atoms with Crippen LogP contribution in [0.3, 0.4) is 0 Å². The summed E-state index contributed by atoms with van der Waals surface area (Å²) >= 11 is 0. The summed E-state index contributed by atoms with van der Waals surface area (Å²) in [5.74, 6) is 0. The average Bonchev–Trinajstić information content (AvgIpc) is 2.47. The van der Waals surface area contributed by atoms with E-state index >= 15 is 0 Å². The molecule has 0 spiro atoms. The molecule has 1 aliphatic rings. The summed E-state index contributed by atoms with van der Waals surface area (Å²) < 4.78 is 0. The minimum absolute atomic E-state index is 0.127. The average molecular weight is 274 g/mol. The van der Waals surface area contributed by atoms with Gasteiger partial charge in [0.15, 0.2) is 0 Å². The fourth-order valence-electron chi connectivity index (χ4n) is 3.45. The Morgan fingerprint density at radius 2 is 1.76 bits per heavy atom. The zero-order chi connectivity index (χ0) is 14.4. The number of anilines is 2. The Balaban J connectivity index is 1.90. The Kier molecular flexibility index (Phi) is 2.49. The van der Waals surface area contributed by atoms with Crippen molar-refractivity contribution in [3.63, 3.8) is 0 Å². The molecule has 0 aromatic heterocycles. The highest BCUT2D eigenvalue weighted by Gasteiger charge is 2.32. The molecule has 2 nitrogen and oxygen atoms in total. The van der Waals surface area contributed by atoms with Crippen molar-refractivity contribution in [1.82, 2.24) is 0 Å². The van der Waals surface area contributed by atoms with E-state index in [1.165, 1.54) is 27.6 Å². The van der Waals surface area contributed by atoms with Crippen LogP contribution in [-0.4, -0.2) is 0 Å². The van der Waals surface area contributed by atoms with Gasteiger partial charge in [0.2, 0.25) is 0 Å². The predicted molar refractivity (Wildman–Crippen MR) is 89.5 cm³/mol. The van der Waals surface area contributed by atoms with Gasteiger partial charge in [0.05, 0.1) is 5.54 Å². The summed E-state index contributed by atoms with van der Waals surface area (Å²) in [7, 11) is 0. The maximum atomic E-state index is 5.97. The van der Waals surface area contributed by atoms with E-state index in [4.69, 9.17) is 5.73 Å². The van der Waals surface area contributed by atoms with Gasteiger partial charge in [-0.2, -0.15) is 0 Å². The third-order valence-corrected chi connectivity index (χ3v) is 4.47. The zero-order valence-electron chi connectivity index (χ0n) is 12.1. The second-order valence-electron chi connectivity index (χ2n) is 6.08. The monoisotopic (exact) mass is 274 g/mol. The molecule has 3 aromatic carbocycles. The molecule has 0 amide bonds. The predicted octanol–water partition coefficient (Wildman–Crippen LogP) is 4.31. The Morgan fingerprint density at radius 3 is 2.57 bits per heavy atom.